The highest BCUT2D eigenvalue weighted by Gasteiger charge is 2.23. The van der Waals surface area contributed by atoms with Crippen molar-refractivity contribution in [3.63, 3.8) is 0 Å². The van der Waals surface area contributed by atoms with E-state index in [2.05, 4.69) is 5.32 Å². The van der Waals surface area contributed by atoms with Crippen molar-refractivity contribution < 1.29 is 23.5 Å². The number of hydrogen-bond acceptors (Lipinski definition) is 6. The third kappa shape index (κ3) is 5.64. The molecule has 0 spiro atoms. The van der Waals surface area contributed by atoms with Crippen LogP contribution >= 0.6 is 0 Å². The molecule has 1 heterocycles. The van der Waals surface area contributed by atoms with Crippen molar-refractivity contribution in [2.75, 3.05) is 0 Å². The molecule has 1 aromatic heterocycles. The molecule has 0 saturated carbocycles. The maximum atomic E-state index is 12.3. The molecular formula is C20H21NO6. The van der Waals surface area contributed by atoms with Gasteiger partial charge in [0.1, 0.15) is 11.8 Å². The van der Waals surface area contributed by atoms with Gasteiger partial charge in [0.2, 0.25) is 5.91 Å². The van der Waals surface area contributed by atoms with E-state index in [1.165, 1.54) is 6.92 Å². The van der Waals surface area contributed by atoms with E-state index in [1.54, 1.807) is 30.3 Å². The standard InChI is InChI=1S/C20H21NO6/c1-12(2)9-18(24)21-20(25)15-11-26-17(10-16(15)23)19(27-13(3)22)14-7-5-4-6-8-14/h4-8,10-12,19H,9H2,1-3H3,(H,21,24,25)/t19-/m1/s1. The number of nitrogens with one attached hydrogen (secondary N) is 1. The lowest BCUT2D eigenvalue weighted by molar-refractivity contribution is -0.145. The van der Waals surface area contributed by atoms with Gasteiger partial charge < -0.3 is 9.15 Å². The average molecular weight is 371 g/mol. The van der Waals surface area contributed by atoms with Crippen LogP contribution in [-0.4, -0.2) is 17.8 Å². The molecule has 1 atom stereocenters. The number of carbonyl (C=O) groups excluding carboxylic acids is 3. The third-order valence-electron chi connectivity index (χ3n) is 3.59. The number of benzene rings is 1. The summed E-state index contributed by atoms with van der Waals surface area (Å²) in [5.74, 6) is -1.70. The number of imide groups is 1. The number of amides is 2. The van der Waals surface area contributed by atoms with Gasteiger partial charge in [-0.15, -0.1) is 0 Å². The molecule has 0 saturated heterocycles. The molecule has 0 aliphatic rings. The summed E-state index contributed by atoms with van der Waals surface area (Å²) in [5, 5.41) is 2.16. The predicted molar refractivity (Wildman–Crippen MR) is 97.0 cm³/mol. The molecule has 7 nitrogen and oxygen atoms in total. The van der Waals surface area contributed by atoms with Crippen LogP contribution in [0.15, 0.2) is 51.9 Å². The fraction of sp³-hybridized carbons (Fsp3) is 0.300. The summed E-state index contributed by atoms with van der Waals surface area (Å²) < 4.78 is 10.7. The highest BCUT2D eigenvalue weighted by Crippen LogP contribution is 2.25. The lowest BCUT2D eigenvalue weighted by atomic mass is 10.1. The summed E-state index contributed by atoms with van der Waals surface area (Å²) in [5.41, 5.74) is -0.329. The van der Waals surface area contributed by atoms with Crippen molar-refractivity contribution in [3.8, 4) is 0 Å². The zero-order valence-electron chi connectivity index (χ0n) is 15.4. The van der Waals surface area contributed by atoms with E-state index in [0.717, 1.165) is 12.3 Å². The van der Waals surface area contributed by atoms with Gasteiger partial charge in [0.15, 0.2) is 17.3 Å². The van der Waals surface area contributed by atoms with Crippen molar-refractivity contribution in [3.05, 3.63) is 69.8 Å². The van der Waals surface area contributed by atoms with Gasteiger partial charge in [0.25, 0.3) is 5.91 Å². The molecule has 0 bridgehead atoms. The largest absolute Gasteiger partial charge is 0.464 e. The van der Waals surface area contributed by atoms with Gasteiger partial charge >= 0.3 is 5.97 Å². The number of ether oxygens (including phenoxy) is 1. The fourth-order valence-corrected chi connectivity index (χ4v) is 2.43. The minimum Gasteiger partial charge on any atom is -0.464 e. The van der Waals surface area contributed by atoms with Gasteiger partial charge in [0.05, 0.1) is 0 Å². The highest BCUT2D eigenvalue weighted by atomic mass is 16.5. The zero-order valence-corrected chi connectivity index (χ0v) is 15.4. The molecule has 27 heavy (non-hydrogen) atoms. The minimum atomic E-state index is -0.920. The summed E-state index contributed by atoms with van der Waals surface area (Å²) >= 11 is 0. The number of carbonyl (C=O) groups is 3. The summed E-state index contributed by atoms with van der Waals surface area (Å²) in [6.45, 7) is 4.92. The first-order valence-electron chi connectivity index (χ1n) is 8.47. The minimum absolute atomic E-state index is 0.0754. The molecular weight excluding hydrogens is 350 g/mol. The van der Waals surface area contributed by atoms with Crippen LogP contribution in [0, 0.1) is 5.92 Å². The third-order valence-corrected chi connectivity index (χ3v) is 3.59. The van der Waals surface area contributed by atoms with Crippen LogP contribution < -0.4 is 10.7 Å². The van der Waals surface area contributed by atoms with E-state index in [1.807, 2.05) is 13.8 Å². The molecule has 0 aliphatic heterocycles. The molecule has 1 N–H and O–H groups in total. The summed E-state index contributed by atoms with van der Waals surface area (Å²) in [4.78, 5) is 47.6. The van der Waals surface area contributed by atoms with Gasteiger partial charge in [-0.25, -0.2) is 0 Å². The molecule has 0 aliphatic carbocycles. The second-order valence-corrected chi connectivity index (χ2v) is 6.44. The van der Waals surface area contributed by atoms with Crippen molar-refractivity contribution in [2.45, 2.75) is 33.3 Å². The number of rotatable bonds is 6. The van der Waals surface area contributed by atoms with E-state index in [9.17, 15) is 19.2 Å². The zero-order chi connectivity index (χ0) is 20.0. The second-order valence-electron chi connectivity index (χ2n) is 6.44. The van der Waals surface area contributed by atoms with Crippen molar-refractivity contribution in [1.29, 1.82) is 0 Å². The van der Waals surface area contributed by atoms with Crippen molar-refractivity contribution >= 4 is 17.8 Å². The Morgan fingerprint density at radius 3 is 2.37 bits per heavy atom. The van der Waals surface area contributed by atoms with E-state index in [-0.39, 0.29) is 23.7 Å². The van der Waals surface area contributed by atoms with E-state index in [4.69, 9.17) is 9.15 Å². The number of hydrogen-bond donors (Lipinski definition) is 1. The smallest absolute Gasteiger partial charge is 0.303 e. The highest BCUT2D eigenvalue weighted by molar-refractivity contribution is 6.04. The van der Waals surface area contributed by atoms with E-state index >= 15 is 0 Å². The van der Waals surface area contributed by atoms with Gasteiger partial charge in [-0.2, -0.15) is 0 Å². The molecule has 0 radical (unpaired) electrons. The lowest BCUT2D eigenvalue weighted by Gasteiger charge is -2.16. The van der Waals surface area contributed by atoms with Crippen LogP contribution in [0.5, 0.6) is 0 Å². The quantitative estimate of drug-likeness (QED) is 0.783. The topological polar surface area (TPSA) is 103 Å². The van der Waals surface area contributed by atoms with E-state index in [0.29, 0.717) is 5.56 Å². The Balaban J connectivity index is 2.28. The monoisotopic (exact) mass is 371 g/mol. The first-order valence-corrected chi connectivity index (χ1v) is 8.47. The van der Waals surface area contributed by atoms with E-state index < -0.39 is 29.3 Å². The molecule has 0 unspecified atom stereocenters. The van der Waals surface area contributed by atoms with Crippen LogP contribution in [0.4, 0.5) is 0 Å². The van der Waals surface area contributed by atoms with Crippen LogP contribution in [0.1, 0.15) is 55.0 Å². The van der Waals surface area contributed by atoms with Crippen LogP contribution in [0.2, 0.25) is 0 Å². The Labute approximate surface area is 156 Å². The normalized spacial score (nSPS) is 11.7. The average Bonchev–Trinajstić information content (AvgIpc) is 2.59. The molecule has 2 aromatic rings. The van der Waals surface area contributed by atoms with Crippen LogP contribution in [-0.2, 0) is 14.3 Å². The second kappa shape index (κ2) is 8.93. The Kier molecular flexibility index (Phi) is 6.65. The molecule has 142 valence electrons. The van der Waals surface area contributed by atoms with Gasteiger partial charge in [-0.1, -0.05) is 44.2 Å². The molecule has 0 fully saturated rings. The SMILES string of the molecule is CC(=O)O[C@H](c1ccccc1)c1cc(=O)c(C(=O)NC(=O)CC(C)C)co1. The lowest BCUT2D eigenvalue weighted by Crippen LogP contribution is -2.34. The van der Waals surface area contributed by atoms with Crippen molar-refractivity contribution in [1.82, 2.24) is 5.32 Å². The summed E-state index contributed by atoms with van der Waals surface area (Å²) in [6.07, 6.45) is 0.211. The van der Waals surface area contributed by atoms with Gasteiger partial charge in [0, 0.05) is 25.0 Å². The first-order chi connectivity index (χ1) is 12.8. The van der Waals surface area contributed by atoms with Gasteiger partial charge in [-0.3, -0.25) is 24.5 Å². The van der Waals surface area contributed by atoms with Gasteiger partial charge in [-0.05, 0) is 5.92 Å². The van der Waals surface area contributed by atoms with Crippen LogP contribution in [0.3, 0.4) is 0 Å². The predicted octanol–water partition coefficient (Wildman–Crippen LogP) is 2.59. The molecule has 2 amide bonds. The summed E-state index contributed by atoms with van der Waals surface area (Å²) in [6, 6.07) is 9.84. The Hall–Kier alpha value is -3.22. The molecule has 1 aromatic carbocycles. The maximum Gasteiger partial charge on any atom is 0.303 e. The Morgan fingerprint density at radius 1 is 1.15 bits per heavy atom. The van der Waals surface area contributed by atoms with Crippen molar-refractivity contribution in [2.24, 2.45) is 5.92 Å². The summed E-state index contributed by atoms with van der Waals surface area (Å²) in [7, 11) is 0. The Bertz CT molecular complexity index is 885. The Morgan fingerprint density at radius 2 is 1.81 bits per heavy atom. The maximum absolute atomic E-state index is 12.3. The first kappa shape index (κ1) is 20.1. The molecule has 2 rings (SSSR count). The molecule has 7 heteroatoms. The fourth-order valence-electron chi connectivity index (χ4n) is 2.43. The van der Waals surface area contributed by atoms with Crippen LogP contribution in [0.25, 0.3) is 0 Å². The number of esters is 1.